The Labute approximate surface area is 207 Å². The summed E-state index contributed by atoms with van der Waals surface area (Å²) >= 11 is 14.2. The van der Waals surface area contributed by atoms with Gasteiger partial charge in [-0.1, -0.05) is 23.2 Å². The molecule has 4 aromatic rings. The van der Waals surface area contributed by atoms with Gasteiger partial charge in [-0.25, -0.2) is 9.97 Å². The molecule has 0 saturated heterocycles. The van der Waals surface area contributed by atoms with Crippen LogP contribution in [0.5, 0.6) is 5.75 Å². The molecule has 2 N–H and O–H groups in total. The maximum Gasteiger partial charge on any atom is 0.163 e. The van der Waals surface area contributed by atoms with Gasteiger partial charge in [0.05, 0.1) is 23.2 Å². The van der Waals surface area contributed by atoms with Crippen LogP contribution in [0.1, 0.15) is 23.3 Å². The van der Waals surface area contributed by atoms with Crippen molar-refractivity contribution in [1.29, 1.82) is 0 Å². The number of nitrogens with zero attached hydrogens (tertiary/aromatic N) is 2. The first-order chi connectivity index (χ1) is 16.1. The number of thiophene rings is 1. The normalized spacial score (nSPS) is 13.1. The summed E-state index contributed by atoms with van der Waals surface area (Å²) in [6, 6.07) is 13.3. The van der Waals surface area contributed by atoms with Gasteiger partial charge < -0.3 is 15.4 Å². The molecule has 2 aromatic heterocycles. The standard InChI is InChI=1S/C25H24Cl2N4OS/c1-32-17-9-6-15(7-10-17)23-30-24(22-18-4-2-3-5-21(18)33-25(22)31-23)29-13-12-28-20-14-16(26)8-11-19(20)27/h6-11,14,28H,2-5,12-13H2,1H3,(H,29,30,31). The fourth-order valence-electron chi connectivity index (χ4n) is 4.17. The van der Waals surface area contributed by atoms with Crippen molar-refractivity contribution in [3.63, 3.8) is 0 Å². The number of hydrogen-bond acceptors (Lipinski definition) is 6. The monoisotopic (exact) mass is 498 g/mol. The largest absolute Gasteiger partial charge is 0.497 e. The molecule has 5 rings (SSSR count). The summed E-state index contributed by atoms with van der Waals surface area (Å²) < 4.78 is 5.30. The Bertz CT molecular complexity index is 1290. The molecule has 1 aliphatic rings. The van der Waals surface area contributed by atoms with Crippen LogP contribution < -0.4 is 15.4 Å². The van der Waals surface area contributed by atoms with Crippen molar-refractivity contribution in [3.8, 4) is 17.1 Å². The number of nitrogens with one attached hydrogen (secondary N) is 2. The minimum absolute atomic E-state index is 0.650. The van der Waals surface area contributed by atoms with Crippen LogP contribution >= 0.6 is 34.5 Å². The quantitative estimate of drug-likeness (QED) is 0.266. The zero-order valence-corrected chi connectivity index (χ0v) is 20.6. The molecule has 0 saturated carbocycles. The van der Waals surface area contributed by atoms with E-state index in [1.54, 1.807) is 30.6 Å². The molecule has 33 heavy (non-hydrogen) atoms. The number of hydrogen-bond donors (Lipinski definition) is 2. The number of ether oxygens (including phenoxy) is 1. The Morgan fingerprint density at radius 2 is 1.76 bits per heavy atom. The number of halogens is 2. The molecule has 0 spiro atoms. The highest BCUT2D eigenvalue weighted by Gasteiger charge is 2.21. The topological polar surface area (TPSA) is 59.1 Å². The fourth-order valence-corrected chi connectivity index (χ4v) is 5.78. The average molecular weight is 499 g/mol. The highest BCUT2D eigenvalue weighted by Crippen LogP contribution is 2.39. The van der Waals surface area contributed by atoms with E-state index in [2.05, 4.69) is 10.6 Å². The molecule has 0 bridgehead atoms. The molecule has 170 valence electrons. The number of aromatic nitrogens is 2. The van der Waals surface area contributed by atoms with Crippen molar-refractivity contribution in [2.45, 2.75) is 25.7 Å². The first-order valence-corrected chi connectivity index (χ1v) is 12.6. The second kappa shape index (κ2) is 9.75. The Balaban J connectivity index is 1.43. The van der Waals surface area contributed by atoms with E-state index in [1.165, 1.54) is 28.7 Å². The van der Waals surface area contributed by atoms with Gasteiger partial charge in [0.25, 0.3) is 0 Å². The maximum atomic E-state index is 6.28. The highest BCUT2D eigenvalue weighted by atomic mass is 35.5. The van der Waals surface area contributed by atoms with Gasteiger partial charge in [0.2, 0.25) is 0 Å². The van der Waals surface area contributed by atoms with Crippen molar-refractivity contribution in [2.24, 2.45) is 0 Å². The fraction of sp³-hybridized carbons (Fsp3) is 0.280. The number of benzene rings is 2. The molecule has 8 heteroatoms. The molecular formula is C25H24Cl2N4OS. The van der Waals surface area contributed by atoms with Crippen LogP contribution in [-0.2, 0) is 12.8 Å². The summed E-state index contributed by atoms with van der Waals surface area (Å²) in [7, 11) is 1.67. The van der Waals surface area contributed by atoms with Crippen LogP contribution in [0, 0.1) is 0 Å². The first kappa shape index (κ1) is 22.3. The molecule has 1 aliphatic carbocycles. The van der Waals surface area contributed by atoms with Gasteiger partial charge in [0, 0.05) is 28.6 Å². The summed E-state index contributed by atoms with van der Waals surface area (Å²) in [5.74, 6) is 2.43. The van der Waals surface area contributed by atoms with Gasteiger partial charge in [-0.2, -0.15) is 0 Å². The van der Waals surface area contributed by atoms with Crippen molar-refractivity contribution in [2.75, 3.05) is 30.8 Å². The maximum absolute atomic E-state index is 6.28. The minimum Gasteiger partial charge on any atom is -0.497 e. The van der Waals surface area contributed by atoms with E-state index in [9.17, 15) is 0 Å². The summed E-state index contributed by atoms with van der Waals surface area (Å²) in [6.45, 7) is 1.36. The van der Waals surface area contributed by atoms with E-state index in [-0.39, 0.29) is 0 Å². The lowest BCUT2D eigenvalue weighted by Crippen LogP contribution is -2.15. The molecule has 0 unspecified atom stereocenters. The third kappa shape index (κ3) is 4.74. The van der Waals surface area contributed by atoms with Crippen LogP contribution in [0.15, 0.2) is 42.5 Å². The SMILES string of the molecule is COc1ccc(-c2nc(NCCNc3cc(Cl)ccc3Cl)c3c4c(sc3n2)CCCC4)cc1. The highest BCUT2D eigenvalue weighted by molar-refractivity contribution is 7.19. The number of fused-ring (bicyclic) bond motifs is 3. The summed E-state index contributed by atoms with van der Waals surface area (Å²) in [6.07, 6.45) is 4.67. The zero-order valence-electron chi connectivity index (χ0n) is 18.3. The van der Waals surface area contributed by atoms with Crippen molar-refractivity contribution >= 4 is 56.3 Å². The molecule has 0 atom stereocenters. The van der Waals surface area contributed by atoms with E-state index in [0.29, 0.717) is 23.1 Å². The lowest BCUT2D eigenvalue weighted by Gasteiger charge is -2.14. The lowest BCUT2D eigenvalue weighted by molar-refractivity contribution is 0.415. The van der Waals surface area contributed by atoms with Crippen LogP contribution in [0.4, 0.5) is 11.5 Å². The van der Waals surface area contributed by atoms with E-state index >= 15 is 0 Å². The van der Waals surface area contributed by atoms with E-state index in [0.717, 1.165) is 46.3 Å². The summed E-state index contributed by atoms with van der Waals surface area (Å²) in [5, 5.41) is 9.39. The van der Waals surface area contributed by atoms with Crippen molar-refractivity contribution in [1.82, 2.24) is 9.97 Å². The minimum atomic E-state index is 0.650. The molecule has 5 nitrogen and oxygen atoms in total. The third-order valence-electron chi connectivity index (χ3n) is 5.82. The first-order valence-electron chi connectivity index (χ1n) is 11.0. The van der Waals surface area contributed by atoms with Gasteiger partial charge in [-0.05, 0) is 73.7 Å². The van der Waals surface area contributed by atoms with Crippen LogP contribution in [0.3, 0.4) is 0 Å². The van der Waals surface area contributed by atoms with E-state index in [4.69, 9.17) is 37.9 Å². The molecule has 0 aliphatic heterocycles. The predicted octanol–water partition coefficient (Wildman–Crippen LogP) is 7.08. The third-order valence-corrected chi connectivity index (χ3v) is 7.57. The van der Waals surface area contributed by atoms with Crippen LogP contribution in [-0.4, -0.2) is 30.2 Å². The molecule has 0 fully saturated rings. The van der Waals surface area contributed by atoms with Crippen LogP contribution in [0.2, 0.25) is 10.0 Å². The van der Waals surface area contributed by atoms with Crippen molar-refractivity contribution in [3.05, 3.63) is 63.0 Å². The Morgan fingerprint density at radius 3 is 2.58 bits per heavy atom. The Hall–Kier alpha value is -2.54. The van der Waals surface area contributed by atoms with E-state index < -0.39 is 0 Å². The smallest absolute Gasteiger partial charge is 0.163 e. The van der Waals surface area contributed by atoms with Gasteiger partial charge in [0.1, 0.15) is 16.4 Å². The molecular weight excluding hydrogens is 475 g/mol. The molecule has 2 heterocycles. The van der Waals surface area contributed by atoms with E-state index in [1.807, 2.05) is 30.3 Å². The summed E-state index contributed by atoms with van der Waals surface area (Å²) in [4.78, 5) is 12.4. The van der Waals surface area contributed by atoms with Gasteiger partial charge in [0.15, 0.2) is 5.82 Å². The Kier molecular flexibility index (Phi) is 6.58. The van der Waals surface area contributed by atoms with Gasteiger partial charge in [-0.3, -0.25) is 0 Å². The van der Waals surface area contributed by atoms with Crippen molar-refractivity contribution < 1.29 is 4.74 Å². The zero-order chi connectivity index (χ0) is 22.8. The van der Waals surface area contributed by atoms with Gasteiger partial charge >= 0.3 is 0 Å². The molecule has 0 radical (unpaired) electrons. The molecule has 0 amide bonds. The van der Waals surface area contributed by atoms with Gasteiger partial charge in [-0.15, -0.1) is 11.3 Å². The second-order valence-corrected chi connectivity index (χ2v) is 9.92. The van der Waals surface area contributed by atoms with Crippen LogP contribution in [0.25, 0.3) is 21.6 Å². The average Bonchev–Trinajstić information content (AvgIpc) is 3.22. The number of aryl methyl sites for hydroxylation is 2. The molecule has 2 aromatic carbocycles. The lowest BCUT2D eigenvalue weighted by atomic mass is 9.97. The summed E-state index contributed by atoms with van der Waals surface area (Å²) in [5.41, 5.74) is 3.21. The number of rotatable bonds is 7. The second-order valence-electron chi connectivity index (χ2n) is 7.99. The Morgan fingerprint density at radius 1 is 0.970 bits per heavy atom. The predicted molar refractivity (Wildman–Crippen MR) is 139 cm³/mol. The number of anilines is 2. The number of methoxy groups -OCH3 is 1.